The van der Waals surface area contributed by atoms with Crippen LogP contribution < -0.4 is 0 Å². The molecule has 0 fully saturated rings. The van der Waals surface area contributed by atoms with E-state index in [0.29, 0.717) is 0 Å². The molecule has 0 aromatic heterocycles. The van der Waals surface area contributed by atoms with Crippen molar-refractivity contribution in [2.45, 2.75) is 0 Å². The van der Waals surface area contributed by atoms with Crippen molar-refractivity contribution in [3.05, 3.63) is 83.9 Å². The van der Waals surface area contributed by atoms with Crippen LogP contribution in [0.15, 0.2) is 72.8 Å². The predicted octanol–water partition coefficient (Wildman–Crippen LogP) is 4.85. The zero-order chi connectivity index (χ0) is 14.9. The highest BCUT2D eigenvalue weighted by molar-refractivity contribution is 8.16. The minimum atomic E-state index is 0.823. The first kappa shape index (κ1) is 14.7. The molecule has 0 saturated heterocycles. The van der Waals surface area contributed by atoms with Crippen molar-refractivity contribution in [1.29, 1.82) is 10.5 Å². The molecule has 100 valence electrons. The van der Waals surface area contributed by atoms with E-state index in [2.05, 4.69) is 12.1 Å². The smallest absolute Gasteiger partial charge is 0.0924 e. The number of hydrogen-bond donors (Lipinski definition) is 0. The number of rotatable bonds is 4. The number of benzene rings is 2. The molecule has 2 aromatic carbocycles. The molecule has 0 spiro atoms. The van der Waals surface area contributed by atoms with Crippen LogP contribution in [0.5, 0.6) is 0 Å². The lowest BCUT2D eigenvalue weighted by molar-refractivity contribution is 1.53. The summed E-state index contributed by atoms with van der Waals surface area (Å²) in [6.07, 6.45) is 3.02. The number of thioether (sulfide) groups is 1. The maximum atomic E-state index is 8.99. The third kappa shape index (κ3) is 4.11. The van der Waals surface area contributed by atoms with Gasteiger partial charge in [0.1, 0.15) is 0 Å². The standard InChI is InChI=1S/C18H12N2S/c19-13-11-17(15-7-3-1-4-8-15)21-18(12-14-20)16-9-5-2-6-10-16/h1-12H/b17-11-,18-12-. The number of nitrogens with zero attached hydrogens (tertiary/aromatic N) is 2. The van der Waals surface area contributed by atoms with Crippen LogP contribution in [0.1, 0.15) is 11.1 Å². The Morgan fingerprint density at radius 2 is 1.10 bits per heavy atom. The molecule has 0 bridgehead atoms. The van der Waals surface area contributed by atoms with Crippen LogP contribution in [0.3, 0.4) is 0 Å². The van der Waals surface area contributed by atoms with Crippen molar-refractivity contribution in [3.8, 4) is 12.1 Å². The van der Waals surface area contributed by atoms with Crippen molar-refractivity contribution >= 4 is 21.6 Å². The van der Waals surface area contributed by atoms with Crippen LogP contribution in [0, 0.1) is 22.7 Å². The van der Waals surface area contributed by atoms with Crippen molar-refractivity contribution in [1.82, 2.24) is 0 Å². The number of hydrogen-bond acceptors (Lipinski definition) is 3. The molecule has 0 heterocycles. The summed E-state index contributed by atoms with van der Waals surface area (Å²) in [5, 5.41) is 18.0. The van der Waals surface area contributed by atoms with Gasteiger partial charge >= 0.3 is 0 Å². The summed E-state index contributed by atoms with van der Waals surface area (Å²) >= 11 is 1.42. The van der Waals surface area contributed by atoms with E-state index in [1.54, 1.807) is 0 Å². The third-order valence-corrected chi connectivity index (χ3v) is 3.87. The molecule has 2 nitrogen and oxygen atoms in total. The third-order valence-electron chi connectivity index (χ3n) is 2.73. The maximum Gasteiger partial charge on any atom is 0.0924 e. The summed E-state index contributed by atoms with van der Waals surface area (Å²) in [6.45, 7) is 0. The van der Waals surface area contributed by atoms with Gasteiger partial charge in [-0.05, 0) is 11.1 Å². The van der Waals surface area contributed by atoms with Gasteiger partial charge in [0.25, 0.3) is 0 Å². The van der Waals surface area contributed by atoms with Crippen LogP contribution in [0.4, 0.5) is 0 Å². The summed E-state index contributed by atoms with van der Waals surface area (Å²) in [7, 11) is 0. The first-order valence-electron chi connectivity index (χ1n) is 6.33. The van der Waals surface area contributed by atoms with Gasteiger partial charge in [0.15, 0.2) is 0 Å². The van der Waals surface area contributed by atoms with Gasteiger partial charge in [0.05, 0.1) is 12.1 Å². The first-order chi connectivity index (χ1) is 10.3. The van der Waals surface area contributed by atoms with Crippen LogP contribution in [-0.2, 0) is 0 Å². The quantitative estimate of drug-likeness (QED) is 0.756. The van der Waals surface area contributed by atoms with E-state index in [-0.39, 0.29) is 0 Å². The van der Waals surface area contributed by atoms with Gasteiger partial charge in [-0.3, -0.25) is 0 Å². The second-order valence-corrected chi connectivity index (χ2v) is 5.19. The van der Waals surface area contributed by atoms with Crippen molar-refractivity contribution < 1.29 is 0 Å². The summed E-state index contributed by atoms with van der Waals surface area (Å²) in [6, 6.07) is 23.5. The Hall–Kier alpha value is -2.75. The fourth-order valence-corrected chi connectivity index (χ4v) is 2.75. The van der Waals surface area contributed by atoms with Crippen molar-refractivity contribution in [3.63, 3.8) is 0 Å². The fourth-order valence-electron chi connectivity index (χ4n) is 1.78. The molecule has 0 amide bonds. The molecule has 21 heavy (non-hydrogen) atoms. The second kappa shape index (κ2) is 7.75. The average Bonchev–Trinajstić information content (AvgIpc) is 2.55. The van der Waals surface area contributed by atoms with Crippen molar-refractivity contribution in [2.24, 2.45) is 0 Å². The molecular weight excluding hydrogens is 276 g/mol. The van der Waals surface area contributed by atoms with Gasteiger partial charge in [0, 0.05) is 22.0 Å². The molecule has 0 unspecified atom stereocenters. The number of nitriles is 2. The van der Waals surface area contributed by atoms with E-state index in [9.17, 15) is 0 Å². The Labute approximate surface area is 128 Å². The molecule has 0 aliphatic carbocycles. The van der Waals surface area contributed by atoms with E-state index < -0.39 is 0 Å². The van der Waals surface area contributed by atoms with Gasteiger partial charge in [0.2, 0.25) is 0 Å². The van der Waals surface area contributed by atoms with Gasteiger partial charge < -0.3 is 0 Å². The Balaban J connectivity index is 2.36. The predicted molar refractivity (Wildman–Crippen MR) is 87.7 cm³/mol. The zero-order valence-corrected chi connectivity index (χ0v) is 12.0. The summed E-state index contributed by atoms with van der Waals surface area (Å²) in [5.41, 5.74) is 1.92. The highest BCUT2D eigenvalue weighted by Crippen LogP contribution is 2.38. The summed E-state index contributed by atoms with van der Waals surface area (Å²) < 4.78 is 0. The lowest BCUT2D eigenvalue weighted by Gasteiger charge is -2.09. The van der Waals surface area contributed by atoms with Crippen LogP contribution in [-0.4, -0.2) is 0 Å². The van der Waals surface area contributed by atoms with Gasteiger partial charge in [-0.2, -0.15) is 10.5 Å². The Kier molecular flexibility index (Phi) is 5.41. The summed E-state index contributed by atoms with van der Waals surface area (Å²) in [5.74, 6) is 0. The Bertz CT molecular complexity index is 667. The fraction of sp³-hybridized carbons (Fsp3) is 0. The molecule has 2 rings (SSSR count). The molecule has 0 saturated carbocycles. The van der Waals surface area contributed by atoms with Gasteiger partial charge in [-0.15, -0.1) is 0 Å². The zero-order valence-electron chi connectivity index (χ0n) is 11.2. The van der Waals surface area contributed by atoms with Crippen LogP contribution in [0.2, 0.25) is 0 Å². The highest BCUT2D eigenvalue weighted by Gasteiger charge is 2.08. The van der Waals surface area contributed by atoms with Crippen molar-refractivity contribution in [2.75, 3.05) is 0 Å². The SMILES string of the molecule is N#C/C=C(\S/C(=C\C#N)c1ccccc1)c1ccccc1. The average molecular weight is 288 g/mol. The van der Waals surface area contributed by atoms with E-state index in [0.717, 1.165) is 20.9 Å². The molecule has 0 aliphatic rings. The molecule has 0 N–H and O–H groups in total. The Morgan fingerprint density at radius 3 is 1.43 bits per heavy atom. The molecule has 0 atom stereocenters. The molecular formula is C18H12N2S. The Morgan fingerprint density at radius 1 is 0.714 bits per heavy atom. The lowest BCUT2D eigenvalue weighted by atomic mass is 10.2. The van der Waals surface area contributed by atoms with Gasteiger partial charge in [-0.1, -0.05) is 72.4 Å². The van der Waals surface area contributed by atoms with Crippen LogP contribution in [0.25, 0.3) is 9.81 Å². The highest BCUT2D eigenvalue weighted by atomic mass is 32.2. The van der Waals surface area contributed by atoms with Gasteiger partial charge in [-0.25, -0.2) is 0 Å². The van der Waals surface area contributed by atoms with E-state index in [4.69, 9.17) is 10.5 Å². The second-order valence-electron chi connectivity index (χ2n) is 4.11. The normalized spacial score (nSPS) is 11.5. The topological polar surface area (TPSA) is 47.6 Å². The van der Waals surface area contributed by atoms with E-state index in [1.165, 1.54) is 23.9 Å². The van der Waals surface area contributed by atoms with E-state index >= 15 is 0 Å². The number of allylic oxidation sites excluding steroid dienone is 2. The maximum absolute atomic E-state index is 8.99. The van der Waals surface area contributed by atoms with Crippen LogP contribution >= 0.6 is 11.8 Å². The molecule has 0 radical (unpaired) electrons. The molecule has 3 heteroatoms. The molecule has 0 aliphatic heterocycles. The lowest BCUT2D eigenvalue weighted by Crippen LogP contribution is -1.83. The summed E-state index contributed by atoms with van der Waals surface area (Å²) in [4.78, 5) is 1.65. The minimum absolute atomic E-state index is 0.823. The first-order valence-corrected chi connectivity index (χ1v) is 7.15. The largest absolute Gasteiger partial charge is 0.193 e. The minimum Gasteiger partial charge on any atom is -0.193 e. The molecule has 2 aromatic rings. The van der Waals surface area contributed by atoms with E-state index in [1.807, 2.05) is 60.7 Å². The monoisotopic (exact) mass is 288 g/mol.